The average molecular weight is 317 g/mol. The highest BCUT2D eigenvalue weighted by Crippen LogP contribution is 2.33. The Bertz CT molecular complexity index is 692. The van der Waals surface area contributed by atoms with Gasteiger partial charge in [0.15, 0.2) is 5.78 Å². The van der Waals surface area contributed by atoms with E-state index in [2.05, 4.69) is 33.8 Å². The van der Waals surface area contributed by atoms with Gasteiger partial charge in [0, 0.05) is 6.42 Å². The molecular formula is C16H19N3O4. The van der Waals surface area contributed by atoms with Crippen molar-refractivity contribution in [2.45, 2.75) is 38.6 Å². The molecule has 0 radical (unpaired) electrons. The fourth-order valence-corrected chi connectivity index (χ4v) is 2.97. The van der Waals surface area contributed by atoms with E-state index in [1.807, 2.05) is 6.92 Å². The molecule has 122 valence electrons. The van der Waals surface area contributed by atoms with Crippen LogP contribution in [0.3, 0.4) is 0 Å². The Morgan fingerprint density at radius 1 is 1.48 bits per heavy atom. The highest BCUT2D eigenvalue weighted by molar-refractivity contribution is 5.94. The molecule has 0 fully saturated rings. The van der Waals surface area contributed by atoms with Crippen molar-refractivity contribution in [3.05, 3.63) is 63.7 Å². The van der Waals surface area contributed by atoms with Gasteiger partial charge in [-0.1, -0.05) is 31.2 Å². The minimum Gasteiger partial charge on any atom is -0.328 e. The number of rotatable bonds is 3. The van der Waals surface area contributed by atoms with Crippen LogP contribution in [0.25, 0.3) is 0 Å². The molecule has 7 nitrogen and oxygen atoms in total. The zero-order valence-electron chi connectivity index (χ0n) is 12.9. The molecule has 1 heterocycles. The number of carbonyl (C=O) groups excluding carboxylic acids is 1. The number of hydrogen-bond acceptors (Lipinski definition) is 4. The highest BCUT2D eigenvalue weighted by Gasteiger charge is 2.24. The van der Waals surface area contributed by atoms with E-state index in [-0.39, 0.29) is 11.8 Å². The summed E-state index contributed by atoms with van der Waals surface area (Å²) in [6.45, 7) is 1.90. The van der Waals surface area contributed by atoms with Gasteiger partial charge in [-0.25, -0.2) is 4.98 Å². The molecule has 0 amide bonds. The van der Waals surface area contributed by atoms with Crippen LogP contribution < -0.4 is 0 Å². The van der Waals surface area contributed by atoms with Gasteiger partial charge >= 0.3 is 0 Å². The van der Waals surface area contributed by atoms with E-state index in [1.165, 1.54) is 17.5 Å². The zero-order chi connectivity index (χ0) is 16.8. The summed E-state index contributed by atoms with van der Waals surface area (Å²) in [4.78, 5) is 24.5. The molecule has 1 aliphatic carbocycles. The quantitative estimate of drug-likeness (QED) is 0.533. The number of imidazole rings is 1. The Balaban J connectivity index is 0.000000433. The molecule has 1 atom stereocenters. The van der Waals surface area contributed by atoms with Gasteiger partial charge in [-0.15, -0.1) is 10.1 Å². The molecule has 0 saturated carbocycles. The highest BCUT2D eigenvalue weighted by atomic mass is 16.9. The van der Waals surface area contributed by atoms with Gasteiger partial charge < -0.3 is 9.77 Å². The van der Waals surface area contributed by atoms with Crippen LogP contribution in [0.4, 0.5) is 0 Å². The number of hydrogen-bond donors (Lipinski definition) is 1. The van der Waals surface area contributed by atoms with Crippen molar-refractivity contribution < 1.29 is 15.1 Å². The van der Waals surface area contributed by atoms with E-state index in [9.17, 15) is 4.79 Å². The molecule has 1 aromatic carbocycles. The van der Waals surface area contributed by atoms with Crippen molar-refractivity contribution >= 4 is 5.78 Å². The summed E-state index contributed by atoms with van der Waals surface area (Å²) in [6, 6.07) is 8.81. The predicted molar refractivity (Wildman–Crippen MR) is 83.1 cm³/mol. The maximum absolute atomic E-state index is 12.0. The number of ketones is 1. The lowest BCUT2D eigenvalue weighted by molar-refractivity contribution is -0.742. The molecule has 1 aliphatic rings. The van der Waals surface area contributed by atoms with Crippen LogP contribution >= 0.6 is 0 Å². The first kappa shape index (κ1) is 16.7. The van der Waals surface area contributed by atoms with Crippen LogP contribution in [0.5, 0.6) is 0 Å². The van der Waals surface area contributed by atoms with Crippen molar-refractivity contribution in [3.63, 3.8) is 0 Å². The minimum atomic E-state index is -1.50. The Labute approximate surface area is 133 Å². The maximum atomic E-state index is 12.0. The number of nitrogens with zero attached hydrogens (tertiary/aromatic N) is 3. The molecule has 1 unspecified atom stereocenters. The number of benzene rings is 1. The summed E-state index contributed by atoms with van der Waals surface area (Å²) < 4.78 is 2.06. The van der Waals surface area contributed by atoms with Gasteiger partial charge in [0.2, 0.25) is 0 Å². The summed E-state index contributed by atoms with van der Waals surface area (Å²) >= 11 is 0. The summed E-state index contributed by atoms with van der Waals surface area (Å²) in [5, 5.41) is 13.6. The first-order chi connectivity index (χ1) is 11.0. The Kier molecular flexibility index (Phi) is 5.46. The standard InChI is InChI=1S/C16H18N2O.HNO3/c1-2-16(19)15-10-17-11-18(15)14-9-5-7-12-6-3-4-8-13(12)14;2-1(3)4/h3-4,6,8,10-11,14H,2,5,7,9H2,1H3;(H,2,3,4). The van der Waals surface area contributed by atoms with E-state index >= 15 is 0 Å². The Morgan fingerprint density at radius 2 is 2.17 bits per heavy atom. The first-order valence-electron chi connectivity index (χ1n) is 7.50. The van der Waals surface area contributed by atoms with Crippen molar-refractivity contribution in [2.75, 3.05) is 0 Å². The lowest BCUT2D eigenvalue weighted by Gasteiger charge is -2.27. The summed E-state index contributed by atoms with van der Waals surface area (Å²) in [5.74, 6) is 0.167. The van der Waals surface area contributed by atoms with Crippen molar-refractivity contribution in [1.29, 1.82) is 0 Å². The third-order valence-corrected chi connectivity index (χ3v) is 3.95. The molecule has 23 heavy (non-hydrogen) atoms. The second kappa shape index (κ2) is 7.53. The van der Waals surface area contributed by atoms with Gasteiger partial charge in [-0.3, -0.25) is 4.79 Å². The number of aryl methyl sites for hydroxylation is 1. The normalized spacial score (nSPS) is 16.0. The van der Waals surface area contributed by atoms with Gasteiger partial charge in [-0.05, 0) is 30.4 Å². The van der Waals surface area contributed by atoms with Crippen LogP contribution in [0.1, 0.15) is 53.8 Å². The van der Waals surface area contributed by atoms with E-state index < -0.39 is 5.09 Å². The summed E-state index contributed by atoms with van der Waals surface area (Å²) in [5.41, 5.74) is 3.49. The fourth-order valence-electron chi connectivity index (χ4n) is 2.97. The SMILES string of the molecule is CCC(=O)c1cncn1C1CCCc2ccccc21.O=[N+]([O-])O. The van der Waals surface area contributed by atoms with Crippen LogP contribution in [0, 0.1) is 10.1 Å². The predicted octanol–water partition coefficient (Wildman–Crippen LogP) is 3.05. The second-order valence-electron chi connectivity index (χ2n) is 5.31. The van der Waals surface area contributed by atoms with Gasteiger partial charge in [0.25, 0.3) is 5.09 Å². The van der Waals surface area contributed by atoms with E-state index in [1.54, 1.807) is 12.5 Å². The third kappa shape index (κ3) is 3.94. The number of aromatic nitrogens is 2. The molecule has 0 saturated heterocycles. The molecule has 0 spiro atoms. The van der Waals surface area contributed by atoms with Gasteiger partial charge in [0.05, 0.1) is 18.6 Å². The second-order valence-corrected chi connectivity index (χ2v) is 5.31. The molecule has 0 bridgehead atoms. The molecule has 3 rings (SSSR count). The molecular weight excluding hydrogens is 298 g/mol. The Morgan fingerprint density at radius 3 is 2.87 bits per heavy atom. The van der Waals surface area contributed by atoms with Crippen molar-refractivity contribution in [2.24, 2.45) is 0 Å². The first-order valence-corrected chi connectivity index (χ1v) is 7.50. The van der Waals surface area contributed by atoms with E-state index in [0.717, 1.165) is 18.5 Å². The third-order valence-electron chi connectivity index (χ3n) is 3.95. The molecule has 0 aliphatic heterocycles. The molecule has 7 heteroatoms. The van der Waals surface area contributed by atoms with E-state index in [4.69, 9.17) is 15.3 Å². The average Bonchev–Trinajstić information content (AvgIpc) is 3.02. The lowest BCUT2D eigenvalue weighted by Crippen LogP contribution is -2.20. The van der Waals surface area contributed by atoms with Gasteiger partial charge in [0.1, 0.15) is 5.69 Å². The maximum Gasteiger partial charge on any atom is 0.291 e. The molecule has 2 aromatic rings. The lowest BCUT2D eigenvalue weighted by atomic mass is 9.87. The zero-order valence-corrected chi connectivity index (χ0v) is 12.9. The smallest absolute Gasteiger partial charge is 0.291 e. The summed E-state index contributed by atoms with van der Waals surface area (Å²) in [6.07, 6.45) is 7.41. The van der Waals surface area contributed by atoms with Crippen molar-refractivity contribution in [1.82, 2.24) is 9.55 Å². The van der Waals surface area contributed by atoms with Crippen LogP contribution in [-0.4, -0.2) is 25.6 Å². The van der Waals surface area contributed by atoms with Crippen LogP contribution in [0.15, 0.2) is 36.8 Å². The van der Waals surface area contributed by atoms with Gasteiger partial charge in [-0.2, -0.15) is 0 Å². The topological polar surface area (TPSA) is 98.3 Å². The minimum absolute atomic E-state index is 0.167. The number of Topliss-reactive ketones (excluding diaryl/α,β-unsaturated/α-hetero) is 1. The van der Waals surface area contributed by atoms with Crippen molar-refractivity contribution in [3.8, 4) is 0 Å². The number of fused-ring (bicyclic) bond motifs is 1. The molecule has 1 N–H and O–H groups in total. The van der Waals surface area contributed by atoms with Crippen LogP contribution in [-0.2, 0) is 6.42 Å². The monoisotopic (exact) mass is 317 g/mol. The Hall–Kier alpha value is -2.70. The molecule has 1 aromatic heterocycles. The van der Waals surface area contributed by atoms with Crippen LogP contribution in [0.2, 0.25) is 0 Å². The number of carbonyl (C=O) groups is 1. The van der Waals surface area contributed by atoms with E-state index in [0.29, 0.717) is 6.42 Å². The summed E-state index contributed by atoms with van der Waals surface area (Å²) in [7, 11) is 0. The largest absolute Gasteiger partial charge is 0.328 e. The fraction of sp³-hybridized carbons (Fsp3) is 0.375.